The zero-order valence-corrected chi connectivity index (χ0v) is 9.31. The molecule has 0 unspecified atom stereocenters. The number of carbonyl (C=O) groups excluding carboxylic acids is 1. The van der Waals surface area contributed by atoms with Gasteiger partial charge in [0.2, 0.25) is 5.76 Å². The van der Waals surface area contributed by atoms with Crippen molar-refractivity contribution >= 4 is 27.6 Å². The van der Waals surface area contributed by atoms with Crippen LogP contribution in [0.2, 0.25) is 0 Å². The van der Waals surface area contributed by atoms with Gasteiger partial charge < -0.3 is 10.2 Å². The van der Waals surface area contributed by atoms with Gasteiger partial charge in [-0.3, -0.25) is 4.79 Å². The van der Waals surface area contributed by atoms with Crippen LogP contribution in [0.15, 0.2) is 40.8 Å². The zero-order chi connectivity index (χ0) is 12.7. The number of rotatable bonds is 1. The van der Waals surface area contributed by atoms with Gasteiger partial charge in [-0.15, -0.1) is 0 Å². The highest BCUT2D eigenvalue weighted by Crippen LogP contribution is 2.31. The molecule has 0 saturated carbocycles. The molecule has 0 bridgehead atoms. The average molecular weight is 236 g/mol. The first-order valence-corrected chi connectivity index (χ1v) is 5.36. The maximum absolute atomic E-state index is 11.3. The van der Waals surface area contributed by atoms with Crippen LogP contribution < -0.4 is 5.73 Å². The molecule has 0 atom stereocenters. The van der Waals surface area contributed by atoms with Crippen molar-refractivity contribution in [3.05, 3.63) is 47.7 Å². The van der Waals surface area contributed by atoms with Crippen molar-refractivity contribution < 1.29 is 9.21 Å². The van der Waals surface area contributed by atoms with E-state index in [0.717, 1.165) is 10.8 Å². The summed E-state index contributed by atoms with van der Waals surface area (Å²) in [4.78, 5) is 11.3. The number of hydrogen-bond donors (Lipinski definition) is 1. The van der Waals surface area contributed by atoms with Crippen molar-refractivity contribution in [1.29, 1.82) is 5.26 Å². The average Bonchev–Trinajstić information content (AvgIpc) is 2.77. The monoisotopic (exact) mass is 236 g/mol. The molecule has 0 fully saturated rings. The Morgan fingerprint density at radius 3 is 2.67 bits per heavy atom. The van der Waals surface area contributed by atoms with Crippen LogP contribution in [-0.4, -0.2) is 5.91 Å². The highest BCUT2D eigenvalue weighted by molar-refractivity contribution is 6.09. The van der Waals surface area contributed by atoms with Crippen LogP contribution in [0.1, 0.15) is 16.1 Å². The van der Waals surface area contributed by atoms with E-state index in [4.69, 9.17) is 15.4 Å². The van der Waals surface area contributed by atoms with Gasteiger partial charge in [0.05, 0.1) is 0 Å². The number of primary amides is 1. The molecule has 4 nitrogen and oxygen atoms in total. The van der Waals surface area contributed by atoms with Gasteiger partial charge in [0.25, 0.3) is 5.91 Å². The molecule has 2 N–H and O–H groups in total. The van der Waals surface area contributed by atoms with E-state index in [2.05, 4.69) is 0 Å². The summed E-state index contributed by atoms with van der Waals surface area (Å²) >= 11 is 0. The highest BCUT2D eigenvalue weighted by atomic mass is 16.3. The number of amides is 1. The molecule has 0 spiro atoms. The van der Waals surface area contributed by atoms with Crippen molar-refractivity contribution in [2.75, 3.05) is 0 Å². The predicted octanol–water partition coefficient (Wildman–Crippen LogP) is 2.56. The second-order valence-corrected chi connectivity index (χ2v) is 3.95. The van der Waals surface area contributed by atoms with E-state index in [9.17, 15) is 4.79 Å². The first kappa shape index (κ1) is 10.4. The summed E-state index contributed by atoms with van der Waals surface area (Å²) in [5.41, 5.74) is 5.94. The number of nitrogens with two attached hydrogens (primary N) is 1. The summed E-state index contributed by atoms with van der Waals surface area (Å²) < 4.78 is 5.47. The summed E-state index contributed by atoms with van der Waals surface area (Å²) in [5.74, 6) is -0.810. The lowest BCUT2D eigenvalue weighted by Gasteiger charge is -1.96. The molecule has 0 saturated heterocycles. The predicted molar refractivity (Wildman–Crippen MR) is 67.0 cm³/mol. The van der Waals surface area contributed by atoms with Crippen LogP contribution in [0, 0.1) is 11.3 Å². The third kappa shape index (κ3) is 1.28. The quantitative estimate of drug-likeness (QED) is 0.705. The third-order valence-electron chi connectivity index (χ3n) is 2.92. The van der Waals surface area contributed by atoms with Crippen molar-refractivity contribution in [1.82, 2.24) is 0 Å². The normalized spacial score (nSPS) is 10.6. The molecule has 4 heteroatoms. The molecule has 2 aromatic carbocycles. The SMILES string of the molecule is N#Cc1c(C(N)=O)oc2c1ccc1ccccc12. The van der Waals surface area contributed by atoms with Crippen LogP contribution in [0.25, 0.3) is 21.7 Å². The molecule has 3 rings (SSSR count). The smallest absolute Gasteiger partial charge is 0.285 e. The standard InChI is InChI=1S/C14H8N2O2/c15-7-11-10-6-5-8-3-1-2-4-9(8)12(10)18-13(11)14(16)17/h1-6H,(H2,16,17). The number of hydrogen-bond acceptors (Lipinski definition) is 3. The number of furan rings is 1. The Bertz CT molecular complexity index is 825. The topological polar surface area (TPSA) is 80.0 Å². The highest BCUT2D eigenvalue weighted by Gasteiger charge is 2.19. The van der Waals surface area contributed by atoms with Gasteiger partial charge >= 0.3 is 0 Å². The first-order valence-electron chi connectivity index (χ1n) is 5.36. The molecule has 0 radical (unpaired) electrons. The zero-order valence-electron chi connectivity index (χ0n) is 9.31. The van der Waals surface area contributed by atoms with Crippen LogP contribution >= 0.6 is 0 Å². The molecule has 1 aromatic heterocycles. The molecule has 3 aromatic rings. The summed E-state index contributed by atoms with van der Waals surface area (Å²) in [6.45, 7) is 0. The third-order valence-corrected chi connectivity index (χ3v) is 2.92. The van der Waals surface area contributed by atoms with Crippen LogP contribution in [0.3, 0.4) is 0 Å². The van der Waals surface area contributed by atoms with Gasteiger partial charge in [0, 0.05) is 10.8 Å². The molecular formula is C14H8N2O2. The van der Waals surface area contributed by atoms with Gasteiger partial charge in [-0.25, -0.2) is 0 Å². The number of fused-ring (bicyclic) bond motifs is 3. The van der Waals surface area contributed by atoms with Crippen molar-refractivity contribution in [3.63, 3.8) is 0 Å². The summed E-state index contributed by atoms with van der Waals surface area (Å²) in [7, 11) is 0. The van der Waals surface area contributed by atoms with E-state index >= 15 is 0 Å². The second kappa shape index (κ2) is 3.60. The summed E-state index contributed by atoms with van der Waals surface area (Å²) in [6.07, 6.45) is 0. The van der Waals surface area contributed by atoms with Crippen molar-refractivity contribution in [3.8, 4) is 6.07 Å². The van der Waals surface area contributed by atoms with E-state index in [0.29, 0.717) is 11.0 Å². The van der Waals surface area contributed by atoms with Crippen LogP contribution in [-0.2, 0) is 0 Å². The number of nitrogens with zero attached hydrogens (tertiary/aromatic N) is 1. The first-order chi connectivity index (χ1) is 8.72. The van der Waals surface area contributed by atoms with E-state index in [1.54, 1.807) is 6.07 Å². The Morgan fingerprint density at radius 2 is 1.94 bits per heavy atom. The lowest BCUT2D eigenvalue weighted by atomic mass is 10.1. The largest absolute Gasteiger partial charge is 0.449 e. The fraction of sp³-hybridized carbons (Fsp3) is 0. The Labute approximate surface area is 102 Å². The molecule has 0 aliphatic carbocycles. The van der Waals surface area contributed by atoms with E-state index in [1.807, 2.05) is 36.4 Å². The number of nitriles is 1. The fourth-order valence-electron chi connectivity index (χ4n) is 2.11. The lowest BCUT2D eigenvalue weighted by molar-refractivity contribution is 0.0976. The molecule has 18 heavy (non-hydrogen) atoms. The molecule has 0 aliphatic rings. The van der Waals surface area contributed by atoms with Crippen molar-refractivity contribution in [2.24, 2.45) is 5.73 Å². The molecule has 0 aliphatic heterocycles. The Hall–Kier alpha value is -2.80. The lowest BCUT2D eigenvalue weighted by Crippen LogP contribution is -2.11. The minimum atomic E-state index is -0.730. The Morgan fingerprint density at radius 1 is 1.17 bits per heavy atom. The maximum atomic E-state index is 11.3. The van der Waals surface area contributed by atoms with Gasteiger partial charge in [0.15, 0.2) is 0 Å². The van der Waals surface area contributed by atoms with Crippen molar-refractivity contribution in [2.45, 2.75) is 0 Å². The number of carbonyl (C=O) groups is 1. The molecule has 1 amide bonds. The van der Waals surface area contributed by atoms with Gasteiger partial charge in [-0.05, 0) is 11.5 Å². The second-order valence-electron chi connectivity index (χ2n) is 3.95. The number of benzene rings is 2. The van der Waals surface area contributed by atoms with Crippen LogP contribution in [0.5, 0.6) is 0 Å². The van der Waals surface area contributed by atoms with Crippen LogP contribution in [0.4, 0.5) is 0 Å². The van der Waals surface area contributed by atoms with Gasteiger partial charge in [-0.1, -0.05) is 30.3 Å². The van der Waals surface area contributed by atoms with E-state index in [1.165, 1.54) is 0 Å². The summed E-state index contributed by atoms with van der Waals surface area (Å²) in [5, 5.41) is 11.6. The minimum absolute atomic E-state index is 0.0798. The fourth-order valence-corrected chi connectivity index (χ4v) is 2.11. The summed E-state index contributed by atoms with van der Waals surface area (Å²) in [6, 6.07) is 13.2. The Kier molecular flexibility index (Phi) is 2.07. The van der Waals surface area contributed by atoms with E-state index in [-0.39, 0.29) is 11.3 Å². The molecule has 1 heterocycles. The molecular weight excluding hydrogens is 228 g/mol. The van der Waals surface area contributed by atoms with Gasteiger partial charge in [0.1, 0.15) is 17.2 Å². The minimum Gasteiger partial charge on any atom is -0.449 e. The molecule has 86 valence electrons. The van der Waals surface area contributed by atoms with E-state index < -0.39 is 5.91 Å². The van der Waals surface area contributed by atoms with Gasteiger partial charge in [-0.2, -0.15) is 5.26 Å². The Balaban J connectivity index is 2.54. The maximum Gasteiger partial charge on any atom is 0.285 e.